The molecule has 0 amide bonds. The van der Waals surface area contributed by atoms with Gasteiger partial charge in [0.15, 0.2) is 0 Å². The molecule has 1 fully saturated rings. The van der Waals surface area contributed by atoms with E-state index < -0.39 is 21.5 Å². The van der Waals surface area contributed by atoms with Gasteiger partial charge >= 0.3 is 5.97 Å². The van der Waals surface area contributed by atoms with Gasteiger partial charge in [0.2, 0.25) is 0 Å². The number of ether oxygens (including phenoxy) is 1. The zero-order valence-corrected chi connectivity index (χ0v) is 13.1. The molecule has 0 bridgehead atoms. The van der Waals surface area contributed by atoms with Crippen LogP contribution in [-0.2, 0) is 14.8 Å². The average Bonchev–Trinajstić information content (AvgIpc) is 2.84. The predicted octanol–water partition coefficient (Wildman–Crippen LogP) is 1.60. The lowest BCUT2D eigenvalue weighted by molar-refractivity contribution is 0.0701. The summed E-state index contributed by atoms with van der Waals surface area (Å²) in [6, 6.07) is 1.39. The van der Waals surface area contributed by atoms with E-state index in [1.165, 1.54) is 6.07 Å². The number of carboxylic acid groups (broad SMARTS) is 1. The molecule has 2 rings (SSSR count). The van der Waals surface area contributed by atoms with Crippen LogP contribution in [0.15, 0.2) is 10.3 Å². The van der Waals surface area contributed by atoms with Crippen molar-refractivity contribution < 1.29 is 23.1 Å². The van der Waals surface area contributed by atoms with Crippen molar-refractivity contribution in [1.29, 1.82) is 0 Å². The van der Waals surface area contributed by atoms with Gasteiger partial charge in [-0.1, -0.05) is 0 Å². The largest absolute Gasteiger partial charge is 0.477 e. The Kier molecular flexibility index (Phi) is 3.94. The highest BCUT2D eigenvalue weighted by Crippen LogP contribution is 2.30. The number of rotatable bonds is 4. The van der Waals surface area contributed by atoms with Crippen LogP contribution in [0, 0.1) is 6.92 Å². The van der Waals surface area contributed by atoms with E-state index >= 15 is 0 Å². The van der Waals surface area contributed by atoms with E-state index in [0.29, 0.717) is 18.6 Å². The van der Waals surface area contributed by atoms with Crippen molar-refractivity contribution in [2.24, 2.45) is 0 Å². The number of aromatic carboxylic acids is 1. The molecule has 0 saturated carbocycles. The standard InChI is InChI=1S/C12H17NO5S2/c1-7-6-9(19-10(7)11(14)15)20(16,17)13-12(3)4-5-18-8(12)2/h6,8,13H,4-5H2,1-3H3,(H,14,15). The second-order valence-corrected chi connectivity index (χ2v) is 8.13. The lowest BCUT2D eigenvalue weighted by Gasteiger charge is -2.28. The van der Waals surface area contributed by atoms with Gasteiger partial charge < -0.3 is 9.84 Å². The van der Waals surface area contributed by atoms with Crippen LogP contribution in [0.25, 0.3) is 0 Å². The molecule has 0 spiro atoms. The van der Waals surface area contributed by atoms with Crippen molar-refractivity contribution in [1.82, 2.24) is 4.72 Å². The second-order valence-electron chi connectivity index (χ2n) is 5.17. The Morgan fingerprint density at radius 1 is 1.60 bits per heavy atom. The van der Waals surface area contributed by atoms with Gasteiger partial charge in [-0.15, -0.1) is 11.3 Å². The molecule has 2 N–H and O–H groups in total. The smallest absolute Gasteiger partial charge is 0.346 e. The summed E-state index contributed by atoms with van der Waals surface area (Å²) in [7, 11) is -3.75. The van der Waals surface area contributed by atoms with Gasteiger partial charge in [-0.25, -0.2) is 17.9 Å². The molecule has 2 atom stereocenters. The summed E-state index contributed by atoms with van der Waals surface area (Å²) >= 11 is 0.767. The lowest BCUT2D eigenvalue weighted by atomic mass is 9.97. The molecule has 2 heterocycles. The van der Waals surface area contributed by atoms with Gasteiger partial charge in [-0.3, -0.25) is 0 Å². The van der Waals surface area contributed by atoms with E-state index in [2.05, 4.69) is 4.72 Å². The number of carboxylic acids is 1. The number of carbonyl (C=O) groups is 1. The highest BCUT2D eigenvalue weighted by Gasteiger charge is 2.41. The monoisotopic (exact) mass is 319 g/mol. The third-order valence-corrected chi connectivity index (χ3v) is 6.92. The number of hydrogen-bond acceptors (Lipinski definition) is 5. The third-order valence-electron chi connectivity index (χ3n) is 3.61. The summed E-state index contributed by atoms with van der Waals surface area (Å²) in [6.45, 7) is 5.70. The van der Waals surface area contributed by atoms with Gasteiger partial charge in [0.1, 0.15) is 9.09 Å². The number of hydrogen-bond donors (Lipinski definition) is 2. The Morgan fingerprint density at radius 3 is 2.70 bits per heavy atom. The normalized spacial score (nSPS) is 26.9. The van der Waals surface area contributed by atoms with Crippen LogP contribution >= 0.6 is 11.3 Å². The van der Waals surface area contributed by atoms with Gasteiger partial charge in [0.05, 0.1) is 11.6 Å². The Balaban J connectivity index is 2.31. The maximum atomic E-state index is 12.4. The third kappa shape index (κ3) is 2.73. The van der Waals surface area contributed by atoms with Crippen molar-refractivity contribution >= 4 is 27.3 Å². The van der Waals surface area contributed by atoms with E-state index in [-0.39, 0.29) is 15.2 Å². The van der Waals surface area contributed by atoms with E-state index in [9.17, 15) is 13.2 Å². The van der Waals surface area contributed by atoms with Crippen LogP contribution in [0.2, 0.25) is 0 Å². The maximum Gasteiger partial charge on any atom is 0.346 e. The van der Waals surface area contributed by atoms with Crippen LogP contribution in [-0.4, -0.2) is 37.7 Å². The van der Waals surface area contributed by atoms with Gasteiger partial charge in [0, 0.05) is 6.61 Å². The van der Waals surface area contributed by atoms with Crippen LogP contribution < -0.4 is 4.72 Å². The van der Waals surface area contributed by atoms with Crippen molar-refractivity contribution in [3.8, 4) is 0 Å². The molecule has 1 saturated heterocycles. The van der Waals surface area contributed by atoms with E-state index in [1.807, 2.05) is 6.92 Å². The van der Waals surface area contributed by atoms with Crippen LogP contribution in [0.1, 0.15) is 35.5 Å². The van der Waals surface area contributed by atoms with Crippen molar-refractivity contribution in [3.63, 3.8) is 0 Å². The van der Waals surface area contributed by atoms with Gasteiger partial charge in [-0.05, 0) is 38.8 Å². The zero-order chi connectivity index (χ0) is 15.1. The fourth-order valence-corrected chi connectivity index (χ4v) is 5.00. The fourth-order valence-electron chi connectivity index (χ4n) is 2.12. The molecular formula is C12H17NO5S2. The Labute approximate surface area is 121 Å². The topological polar surface area (TPSA) is 92.7 Å². The minimum absolute atomic E-state index is 0.0210. The molecule has 6 nitrogen and oxygen atoms in total. The molecule has 8 heteroatoms. The zero-order valence-electron chi connectivity index (χ0n) is 11.5. The number of nitrogens with one attached hydrogen (secondary N) is 1. The first kappa shape index (κ1) is 15.4. The summed E-state index contributed by atoms with van der Waals surface area (Å²) in [5.41, 5.74) is -0.219. The number of thiophene rings is 1. The minimum Gasteiger partial charge on any atom is -0.477 e. The molecular weight excluding hydrogens is 302 g/mol. The second kappa shape index (κ2) is 5.10. The summed E-state index contributed by atoms with van der Waals surface area (Å²) < 4.78 is 32.8. The fraction of sp³-hybridized carbons (Fsp3) is 0.583. The summed E-state index contributed by atoms with van der Waals surface area (Å²) in [5, 5.41) is 9.00. The molecule has 0 aliphatic carbocycles. The molecule has 0 radical (unpaired) electrons. The van der Waals surface area contributed by atoms with E-state index in [1.54, 1.807) is 13.8 Å². The van der Waals surface area contributed by atoms with E-state index in [0.717, 1.165) is 11.3 Å². The van der Waals surface area contributed by atoms with Gasteiger partial charge in [-0.2, -0.15) is 0 Å². The first-order valence-electron chi connectivity index (χ1n) is 6.15. The van der Waals surface area contributed by atoms with Gasteiger partial charge in [0.25, 0.3) is 10.0 Å². The molecule has 1 aromatic heterocycles. The van der Waals surface area contributed by atoms with Crippen molar-refractivity contribution in [3.05, 3.63) is 16.5 Å². The number of aryl methyl sites for hydroxylation is 1. The maximum absolute atomic E-state index is 12.4. The van der Waals surface area contributed by atoms with Crippen LogP contribution in [0.5, 0.6) is 0 Å². The van der Waals surface area contributed by atoms with Crippen molar-refractivity contribution in [2.45, 2.75) is 43.0 Å². The molecule has 1 aliphatic rings. The average molecular weight is 319 g/mol. The molecule has 1 aliphatic heterocycles. The predicted molar refractivity (Wildman–Crippen MR) is 74.8 cm³/mol. The molecule has 1 aromatic rings. The Morgan fingerprint density at radius 2 is 2.25 bits per heavy atom. The highest BCUT2D eigenvalue weighted by atomic mass is 32.2. The highest BCUT2D eigenvalue weighted by molar-refractivity contribution is 7.91. The summed E-state index contributed by atoms with van der Waals surface area (Å²) in [5.74, 6) is -1.11. The van der Waals surface area contributed by atoms with Crippen LogP contribution in [0.4, 0.5) is 0 Å². The number of sulfonamides is 1. The van der Waals surface area contributed by atoms with E-state index in [4.69, 9.17) is 9.84 Å². The molecule has 20 heavy (non-hydrogen) atoms. The first-order chi connectivity index (χ1) is 9.16. The van der Waals surface area contributed by atoms with Crippen molar-refractivity contribution in [2.75, 3.05) is 6.61 Å². The quantitative estimate of drug-likeness (QED) is 0.879. The summed E-state index contributed by atoms with van der Waals surface area (Å²) in [4.78, 5) is 11.0. The summed E-state index contributed by atoms with van der Waals surface area (Å²) in [6.07, 6.45) is 0.362. The molecule has 2 unspecified atom stereocenters. The SMILES string of the molecule is Cc1cc(S(=O)(=O)NC2(C)CCOC2C)sc1C(=O)O. The molecule has 0 aromatic carbocycles. The lowest BCUT2D eigenvalue weighted by Crippen LogP contribution is -2.50. The molecule has 112 valence electrons. The minimum atomic E-state index is -3.75. The first-order valence-corrected chi connectivity index (χ1v) is 8.45. The Bertz CT molecular complexity index is 636. The van der Waals surface area contributed by atoms with Crippen LogP contribution in [0.3, 0.4) is 0 Å². The Hall–Kier alpha value is -0.960.